The van der Waals surface area contributed by atoms with Gasteiger partial charge in [0.15, 0.2) is 0 Å². The predicted octanol–water partition coefficient (Wildman–Crippen LogP) is 3.58. The Morgan fingerprint density at radius 2 is 1.90 bits per heavy atom. The Morgan fingerprint density at radius 3 is 2.58 bits per heavy atom. The lowest BCUT2D eigenvalue weighted by atomic mass is 10.1. The highest BCUT2D eigenvalue weighted by molar-refractivity contribution is 7.18. The number of methoxy groups -OCH3 is 1. The van der Waals surface area contributed by atoms with Crippen molar-refractivity contribution in [1.29, 1.82) is 0 Å². The van der Waals surface area contributed by atoms with E-state index in [2.05, 4.69) is 52.5 Å². The molecule has 0 aliphatic carbocycles. The summed E-state index contributed by atoms with van der Waals surface area (Å²) in [7, 11) is 1.71. The molecule has 2 aromatic carbocycles. The molecule has 9 heteroatoms. The van der Waals surface area contributed by atoms with Gasteiger partial charge in [-0.3, -0.25) is 0 Å². The minimum absolute atomic E-state index is 0.810. The predicted molar refractivity (Wildman–Crippen MR) is 120 cm³/mol. The number of aliphatic carboxylic acids is 2. The molecule has 0 spiro atoms. The first-order valence-electron chi connectivity index (χ1n) is 9.55. The number of aromatic nitrogens is 2. The number of ether oxygens (including phenoxy) is 1. The summed E-state index contributed by atoms with van der Waals surface area (Å²) in [6.07, 6.45) is 0.976. The molecule has 4 aromatic rings. The number of hydrogen-bond donors (Lipinski definition) is 4. The van der Waals surface area contributed by atoms with Gasteiger partial charge in [-0.1, -0.05) is 12.1 Å². The van der Waals surface area contributed by atoms with E-state index in [1.807, 2.05) is 12.1 Å². The van der Waals surface area contributed by atoms with Crippen molar-refractivity contribution in [2.45, 2.75) is 19.9 Å². The number of thiazole rings is 1. The number of benzene rings is 2. The summed E-state index contributed by atoms with van der Waals surface area (Å²) in [5.41, 5.74) is 4.83. The summed E-state index contributed by atoms with van der Waals surface area (Å²) in [5.74, 6) is -2.75. The number of fused-ring (bicyclic) bond motifs is 2. The lowest BCUT2D eigenvalue weighted by Crippen LogP contribution is -2.16. The molecule has 2 aromatic heterocycles. The van der Waals surface area contributed by atoms with Crippen molar-refractivity contribution in [3.05, 3.63) is 58.7 Å². The van der Waals surface area contributed by atoms with E-state index in [0.29, 0.717) is 0 Å². The Labute approximate surface area is 182 Å². The van der Waals surface area contributed by atoms with E-state index >= 15 is 0 Å². The number of hydrogen-bond acceptors (Lipinski definition) is 6. The highest BCUT2D eigenvalue weighted by Gasteiger charge is 2.09. The summed E-state index contributed by atoms with van der Waals surface area (Å²) in [6.45, 7) is 3.86. The summed E-state index contributed by atoms with van der Waals surface area (Å²) < 4.78 is 6.61. The molecule has 31 heavy (non-hydrogen) atoms. The fourth-order valence-corrected chi connectivity index (χ4v) is 4.15. The molecule has 0 amide bonds. The number of carboxylic acids is 2. The first-order valence-corrected chi connectivity index (χ1v) is 10.4. The number of carbonyl (C=O) groups is 2. The maximum atomic E-state index is 9.10. The van der Waals surface area contributed by atoms with Crippen LogP contribution in [0, 0.1) is 6.92 Å². The van der Waals surface area contributed by atoms with Crippen LogP contribution in [-0.4, -0.2) is 45.8 Å². The van der Waals surface area contributed by atoms with Crippen LogP contribution in [0.25, 0.3) is 21.1 Å². The summed E-state index contributed by atoms with van der Waals surface area (Å²) in [6, 6.07) is 14.5. The molecular weight excluding hydrogens is 418 g/mol. The van der Waals surface area contributed by atoms with E-state index in [-0.39, 0.29) is 0 Å². The fourth-order valence-electron chi connectivity index (χ4n) is 3.21. The molecule has 0 saturated heterocycles. The van der Waals surface area contributed by atoms with E-state index in [1.54, 1.807) is 18.4 Å². The molecule has 2 heterocycles. The highest BCUT2D eigenvalue weighted by Crippen LogP contribution is 2.26. The summed E-state index contributed by atoms with van der Waals surface area (Å²) in [4.78, 5) is 26.3. The molecule has 4 rings (SSSR count). The third kappa shape index (κ3) is 5.59. The number of para-hydroxylation sites is 1. The van der Waals surface area contributed by atoms with Gasteiger partial charge in [-0.2, -0.15) is 0 Å². The highest BCUT2D eigenvalue weighted by atomic mass is 32.1. The molecule has 0 fully saturated rings. The van der Waals surface area contributed by atoms with Gasteiger partial charge in [0, 0.05) is 23.1 Å². The van der Waals surface area contributed by atoms with Crippen LogP contribution in [0.3, 0.4) is 0 Å². The van der Waals surface area contributed by atoms with Gasteiger partial charge in [0.1, 0.15) is 10.8 Å². The van der Waals surface area contributed by atoms with Gasteiger partial charge in [0.05, 0.1) is 17.3 Å². The topological polar surface area (TPSA) is 125 Å². The van der Waals surface area contributed by atoms with E-state index in [4.69, 9.17) is 24.5 Å². The van der Waals surface area contributed by atoms with E-state index < -0.39 is 11.9 Å². The zero-order valence-electron chi connectivity index (χ0n) is 17.1. The van der Waals surface area contributed by atoms with Crippen molar-refractivity contribution in [3.63, 3.8) is 0 Å². The smallest absolute Gasteiger partial charge is 0.414 e. The summed E-state index contributed by atoms with van der Waals surface area (Å²) in [5, 5.41) is 20.7. The van der Waals surface area contributed by atoms with Crippen LogP contribution in [0.4, 0.5) is 0 Å². The first kappa shape index (κ1) is 22.3. The number of aromatic amines is 1. The number of nitrogens with zero attached hydrogens (tertiary/aromatic N) is 1. The van der Waals surface area contributed by atoms with Crippen LogP contribution in [0.1, 0.15) is 16.3 Å². The average molecular weight is 442 g/mol. The number of H-pyrrole nitrogens is 1. The summed E-state index contributed by atoms with van der Waals surface area (Å²) >= 11 is 1.76. The van der Waals surface area contributed by atoms with Crippen molar-refractivity contribution < 1.29 is 24.5 Å². The second-order valence-corrected chi connectivity index (χ2v) is 7.87. The second kappa shape index (κ2) is 10.1. The lowest BCUT2D eigenvalue weighted by Gasteiger charge is -2.05. The Kier molecular flexibility index (Phi) is 7.22. The first-order chi connectivity index (χ1) is 14.9. The van der Waals surface area contributed by atoms with Gasteiger partial charge < -0.3 is 25.3 Å². The third-order valence-corrected chi connectivity index (χ3v) is 5.71. The molecule has 162 valence electrons. The average Bonchev–Trinajstić information content (AvgIpc) is 3.30. The zero-order valence-corrected chi connectivity index (χ0v) is 18.0. The van der Waals surface area contributed by atoms with Gasteiger partial charge in [-0.25, -0.2) is 14.6 Å². The van der Waals surface area contributed by atoms with Crippen molar-refractivity contribution in [2.24, 2.45) is 0 Å². The third-order valence-electron chi connectivity index (χ3n) is 4.68. The van der Waals surface area contributed by atoms with Crippen LogP contribution in [0.15, 0.2) is 42.5 Å². The van der Waals surface area contributed by atoms with Crippen LogP contribution in [-0.2, 0) is 22.6 Å². The van der Waals surface area contributed by atoms with Gasteiger partial charge in [-0.05, 0) is 55.8 Å². The normalized spacial score (nSPS) is 10.6. The lowest BCUT2D eigenvalue weighted by molar-refractivity contribution is -0.159. The van der Waals surface area contributed by atoms with E-state index in [9.17, 15) is 0 Å². The van der Waals surface area contributed by atoms with Crippen molar-refractivity contribution in [3.8, 4) is 5.75 Å². The van der Waals surface area contributed by atoms with E-state index in [0.717, 1.165) is 35.8 Å². The Hall–Kier alpha value is -3.43. The second-order valence-electron chi connectivity index (χ2n) is 6.75. The van der Waals surface area contributed by atoms with Crippen LogP contribution in [0.5, 0.6) is 5.75 Å². The standard InChI is InChI=1S/C20H21N3OS.C2H2O4/c1-13-15(16-11-14(24-2)7-8-17(16)22-13)9-10-21-12-20-23-18-5-3-4-6-19(18)25-20;3-1(4)2(5)6/h3-8,11,21-22H,9-10,12H2,1-2H3;(H,3,4)(H,5,6). The molecule has 0 unspecified atom stereocenters. The molecule has 4 N–H and O–H groups in total. The number of rotatable bonds is 6. The number of carboxylic acid groups (broad SMARTS) is 2. The maximum Gasteiger partial charge on any atom is 0.414 e. The SMILES string of the molecule is COc1ccc2[nH]c(C)c(CCNCc3nc4ccccc4s3)c2c1.O=C(O)C(=O)O. The molecule has 0 radical (unpaired) electrons. The van der Waals surface area contributed by atoms with Gasteiger partial charge in [0.25, 0.3) is 0 Å². The molecule has 0 aliphatic rings. The number of aryl methyl sites for hydroxylation is 1. The molecular formula is C22H23N3O5S. The molecule has 8 nitrogen and oxygen atoms in total. The van der Waals surface area contributed by atoms with Crippen LogP contribution < -0.4 is 10.1 Å². The van der Waals surface area contributed by atoms with Crippen LogP contribution in [0.2, 0.25) is 0 Å². The Balaban J connectivity index is 0.000000401. The largest absolute Gasteiger partial charge is 0.497 e. The van der Waals surface area contributed by atoms with Gasteiger partial charge in [-0.15, -0.1) is 11.3 Å². The Morgan fingerprint density at radius 1 is 1.16 bits per heavy atom. The molecule has 0 saturated carbocycles. The quantitative estimate of drug-likeness (QED) is 0.266. The van der Waals surface area contributed by atoms with Crippen molar-refractivity contribution in [1.82, 2.24) is 15.3 Å². The van der Waals surface area contributed by atoms with Crippen molar-refractivity contribution in [2.75, 3.05) is 13.7 Å². The maximum absolute atomic E-state index is 9.10. The molecule has 0 atom stereocenters. The van der Waals surface area contributed by atoms with Crippen LogP contribution >= 0.6 is 11.3 Å². The fraction of sp³-hybridized carbons (Fsp3) is 0.227. The molecule has 0 bridgehead atoms. The van der Waals surface area contributed by atoms with Crippen molar-refractivity contribution >= 4 is 44.4 Å². The Bertz CT molecular complexity index is 1170. The minimum atomic E-state index is -1.82. The molecule has 0 aliphatic heterocycles. The minimum Gasteiger partial charge on any atom is -0.497 e. The monoisotopic (exact) mass is 441 g/mol. The number of nitrogens with one attached hydrogen (secondary N) is 2. The van der Waals surface area contributed by atoms with Gasteiger partial charge in [0.2, 0.25) is 0 Å². The van der Waals surface area contributed by atoms with Gasteiger partial charge >= 0.3 is 11.9 Å². The zero-order chi connectivity index (χ0) is 22.4. The van der Waals surface area contributed by atoms with E-state index in [1.165, 1.54) is 26.9 Å².